The number of nitriles is 1. The maximum Gasteiger partial charge on any atom is 0.100 e. The Labute approximate surface area is 114 Å². The molecule has 104 valence electrons. The second kappa shape index (κ2) is 7.25. The largest absolute Gasteiger partial charge is 0.385 e. The van der Waals surface area contributed by atoms with E-state index >= 15 is 0 Å². The summed E-state index contributed by atoms with van der Waals surface area (Å²) >= 11 is 0. The average Bonchev–Trinajstić information content (AvgIpc) is 3.04. The number of hydrogen-bond acceptors (Lipinski definition) is 4. The Morgan fingerprint density at radius 3 is 2.84 bits per heavy atom. The van der Waals surface area contributed by atoms with Crippen molar-refractivity contribution in [3.63, 3.8) is 0 Å². The molecule has 1 aliphatic rings. The standard InChI is InChI=1S/C14H22N4O/c1-19-11-5-4-10-18-14(12-6-2-3-7-12)13(8-9-15)16-17-18/h12H,2-8,10-11H2,1H3. The number of unbranched alkanes of at least 4 members (excludes halogenated alkanes) is 1. The fraction of sp³-hybridized carbons (Fsp3) is 0.786. The molecule has 0 unspecified atom stereocenters. The van der Waals surface area contributed by atoms with Crippen LogP contribution in [0.1, 0.15) is 55.8 Å². The first-order valence-corrected chi connectivity index (χ1v) is 7.15. The van der Waals surface area contributed by atoms with Gasteiger partial charge in [-0.3, -0.25) is 0 Å². The monoisotopic (exact) mass is 262 g/mol. The zero-order valence-corrected chi connectivity index (χ0v) is 11.6. The smallest absolute Gasteiger partial charge is 0.100 e. The summed E-state index contributed by atoms with van der Waals surface area (Å²) in [6, 6.07) is 2.20. The molecular weight excluding hydrogens is 240 g/mol. The highest BCUT2D eigenvalue weighted by Gasteiger charge is 2.25. The van der Waals surface area contributed by atoms with Crippen molar-refractivity contribution in [2.75, 3.05) is 13.7 Å². The van der Waals surface area contributed by atoms with Crippen LogP contribution in [0.4, 0.5) is 0 Å². The number of ether oxygens (including phenoxy) is 1. The van der Waals surface area contributed by atoms with Gasteiger partial charge in [0.25, 0.3) is 0 Å². The van der Waals surface area contributed by atoms with E-state index in [1.165, 1.54) is 31.4 Å². The molecule has 1 aromatic heterocycles. The van der Waals surface area contributed by atoms with E-state index in [1.807, 2.05) is 4.68 Å². The summed E-state index contributed by atoms with van der Waals surface area (Å²) in [5.74, 6) is 0.556. The van der Waals surface area contributed by atoms with Gasteiger partial charge >= 0.3 is 0 Å². The lowest BCUT2D eigenvalue weighted by Gasteiger charge is -2.13. The molecule has 0 atom stereocenters. The van der Waals surface area contributed by atoms with Gasteiger partial charge in [0.2, 0.25) is 0 Å². The van der Waals surface area contributed by atoms with Crippen LogP contribution in [0.2, 0.25) is 0 Å². The Morgan fingerprint density at radius 2 is 2.16 bits per heavy atom. The van der Waals surface area contributed by atoms with Gasteiger partial charge in [-0.2, -0.15) is 5.26 Å². The van der Waals surface area contributed by atoms with Crippen molar-refractivity contribution in [2.24, 2.45) is 0 Å². The van der Waals surface area contributed by atoms with Crippen LogP contribution >= 0.6 is 0 Å². The van der Waals surface area contributed by atoms with E-state index in [2.05, 4.69) is 16.4 Å². The predicted octanol–water partition coefficient (Wildman–Crippen LogP) is 2.43. The van der Waals surface area contributed by atoms with E-state index in [4.69, 9.17) is 10.00 Å². The summed E-state index contributed by atoms with van der Waals surface area (Å²) < 4.78 is 7.09. The van der Waals surface area contributed by atoms with Crippen LogP contribution in [0, 0.1) is 11.3 Å². The Bertz CT molecular complexity index is 429. The normalized spacial score (nSPS) is 15.8. The number of nitrogens with zero attached hydrogens (tertiary/aromatic N) is 4. The van der Waals surface area contributed by atoms with Crippen molar-refractivity contribution < 1.29 is 4.74 Å². The molecule has 1 fully saturated rings. The molecule has 0 amide bonds. The lowest BCUT2D eigenvalue weighted by atomic mass is 10.0. The maximum absolute atomic E-state index is 8.90. The molecule has 0 N–H and O–H groups in total. The minimum Gasteiger partial charge on any atom is -0.385 e. The van der Waals surface area contributed by atoms with E-state index in [9.17, 15) is 0 Å². The lowest BCUT2D eigenvalue weighted by molar-refractivity contribution is 0.190. The number of hydrogen-bond donors (Lipinski definition) is 0. The number of rotatable bonds is 7. The van der Waals surface area contributed by atoms with Crippen molar-refractivity contribution in [1.29, 1.82) is 5.26 Å². The van der Waals surface area contributed by atoms with Gasteiger partial charge in [0.1, 0.15) is 5.69 Å². The molecule has 19 heavy (non-hydrogen) atoms. The topological polar surface area (TPSA) is 63.7 Å². The molecule has 1 heterocycles. The van der Waals surface area contributed by atoms with Gasteiger partial charge in [0, 0.05) is 26.2 Å². The van der Waals surface area contributed by atoms with Gasteiger partial charge in [-0.15, -0.1) is 5.10 Å². The number of methoxy groups -OCH3 is 1. The van der Waals surface area contributed by atoms with Crippen molar-refractivity contribution in [2.45, 2.75) is 57.4 Å². The first-order chi connectivity index (χ1) is 9.36. The molecule has 0 spiro atoms. The highest BCUT2D eigenvalue weighted by molar-refractivity contribution is 5.19. The predicted molar refractivity (Wildman–Crippen MR) is 71.7 cm³/mol. The van der Waals surface area contributed by atoms with E-state index in [1.54, 1.807) is 7.11 Å². The van der Waals surface area contributed by atoms with Crippen molar-refractivity contribution in [1.82, 2.24) is 15.0 Å². The molecule has 0 saturated heterocycles. The Hall–Kier alpha value is -1.41. The van der Waals surface area contributed by atoms with Crippen LogP contribution in [-0.4, -0.2) is 28.7 Å². The minimum atomic E-state index is 0.379. The SMILES string of the molecule is COCCCCn1nnc(CC#N)c1C1CCCC1. The molecule has 1 aromatic rings. The Kier molecular flexibility index (Phi) is 5.34. The number of aryl methyl sites for hydroxylation is 1. The van der Waals surface area contributed by atoms with Gasteiger partial charge in [-0.1, -0.05) is 18.1 Å². The molecule has 0 aromatic carbocycles. The summed E-state index contributed by atoms with van der Waals surface area (Å²) in [5, 5.41) is 17.4. The summed E-state index contributed by atoms with van der Waals surface area (Å²) in [6.07, 6.45) is 7.45. The van der Waals surface area contributed by atoms with E-state index in [0.29, 0.717) is 12.3 Å². The van der Waals surface area contributed by atoms with Crippen LogP contribution in [0.25, 0.3) is 0 Å². The first kappa shape index (κ1) is 14.0. The maximum atomic E-state index is 8.90. The van der Waals surface area contributed by atoms with Crippen molar-refractivity contribution in [3.05, 3.63) is 11.4 Å². The van der Waals surface area contributed by atoms with Crippen LogP contribution < -0.4 is 0 Å². The van der Waals surface area contributed by atoms with Gasteiger partial charge in [0.15, 0.2) is 0 Å². The summed E-state index contributed by atoms with van der Waals surface area (Å²) in [4.78, 5) is 0. The zero-order chi connectivity index (χ0) is 13.5. The highest BCUT2D eigenvalue weighted by Crippen LogP contribution is 2.35. The molecule has 0 radical (unpaired) electrons. The third-order valence-electron chi connectivity index (χ3n) is 3.80. The van der Waals surface area contributed by atoms with Crippen LogP contribution in [0.3, 0.4) is 0 Å². The molecule has 1 aliphatic carbocycles. The minimum absolute atomic E-state index is 0.379. The van der Waals surface area contributed by atoms with E-state index < -0.39 is 0 Å². The highest BCUT2D eigenvalue weighted by atomic mass is 16.5. The molecule has 5 nitrogen and oxygen atoms in total. The fourth-order valence-corrected chi connectivity index (χ4v) is 2.88. The summed E-state index contributed by atoms with van der Waals surface area (Å²) in [7, 11) is 1.73. The summed E-state index contributed by atoms with van der Waals surface area (Å²) in [5.41, 5.74) is 2.11. The molecule has 0 aliphatic heterocycles. The molecule has 5 heteroatoms. The second-order valence-corrected chi connectivity index (χ2v) is 5.16. The van der Waals surface area contributed by atoms with Gasteiger partial charge in [0.05, 0.1) is 18.2 Å². The molecular formula is C14H22N4O. The Morgan fingerprint density at radius 1 is 1.37 bits per heavy atom. The second-order valence-electron chi connectivity index (χ2n) is 5.16. The van der Waals surface area contributed by atoms with Crippen LogP contribution in [0.5, 0.6) is 0 Å². The van der Waals surface area contributed by atoms with Crippen molar-refractivity contribution in [3.8, 4) is 6.07 Å². The molecule has 2 rings (SSSR count). The average molecular weight is 262 g/mol. The lowest BCUT2D eigenvalue weighted by Crippen LogP contribution is -2.10. The van der Waals surface area contributed by atoms with E-state index in [0.717, 1.165) is 31.7 Å². The fourth-order valence-electron chi connectivity index (χ4n) is 2.88. The third-order valence-corrected chi connectivity index (χ3v) is 3.80. The molecule has 1 saturated carbocycles. The summed E-state index contributed by atoms with van der Waals surface area (Å²) in [6.45, 7) is 1.67. The van der Waals surface area contributed by atoms with E-state index in [-0.39, 0.29) is 0 Å². The van der Waals surface area contributed by atoms with Crippen molar-refractivity contribution >= 4 is 0 Å². The first-order valence-electron chi connectivity index (χ1n) is 7.15. The number of aromatic nitrogens is 3. The van der Waals surface area contributed by atoms with Gasteiger partial charge in [-0.05, 0) is 25.7 Å². The quantitative estimate of drug-likeness (QED) is 0.708. The van der Waals surface area contributed by atoms with Crippen LogP contribution in [0.15, 0.2) is 0 Å². The van der Waals surface area contributed by atoms with Gasteiger partial charge in [-0.25, -0.2) is 4.68 Å². The third kappa shape index (κ3) is 3.54. The molecule has 0 bridgehead atoms. The van der Waals surface area contributed by atoms with Crippen LogP contribution in [-0.2, 0) is 17.7 Å². The van der Waals surface area contributed by atoms with Gasteiger partial charge < -0.3 is 4.74 Å². The Balaban J connectivity index is 2.06. The zero-order valence-electron chi connectivity index (χ0n) is 11.6.